The number of ether oxygens (including phenoxy) is 1. The van der Waals surface area contributed by atoms with Crippen molar-refractivity contribution in [2.24, 2.45) is 0 Å². The van der Waals surface area contributed by atoms with Gasteiger partial charge in [-0.2, -0.15) is 0 Å². The minimum Gasteiger partial charge on any atom is -0.478 e. The summed E-state index contributed by atoms with van der Waals surface area (Å²) in [6.45, 7) is 1.16. The molecule has 19 heavy (non-hydrogen) atoms. The molecule has 1 saturated heterocycles. The van der Waals surface area contributed by atoms with Gasteiger partial charge in [0.15, 0.2) is 0 Å². The van der Waals surface area contributed by atoms with Crippen LogP contribution >= 0.6 is 0 Å². The van der Waals surface area contributed by atoms with Gasteiger partial charge in [-0.05, 0) is 42.4 Å². The standard InChI is InChI=1S/C16H18O3/c17-15(18)7-8-16(10-19-11-16)14-6-5-12-3-1-2-4-13(12)9-14/h5-9H,1-4,10-11H2,(H,17,18)/b8-7+. The van der Waals surface area contributed by atoms with Gasteiger partial charge in [0.25, 0.3) is 0 Å². The highest BCUT2D eigenvalue weighted by atomic mass is 16.5. The Bertz CT molecular complexity index is 527. The molecule has 1 heterocycles. The molecule has 0 saturated carbocycles. The van der Waals surface area contributed by atoms with E-state index < -0.39 is 5.97 Å². The number of aryl methyl sites for hydroxylation is 2. The van der Waals surface area contributed by atoms with E-state index in [1.54, 1.807) is 6.08 Å². The Labute approximate surface area is 112 Å². The van der Waals surface area contributed by atoms with Crippen molar-refractivity contribution in [1.82, 2.24) is 0 Å². The quantitative estimate of drug-likeness (QED) is 0.847. The minimum atomic E-state index is -0.899. The lowest BCUT2D eigenvalue weighted by atomic mass is 9.76. The topological polar surface area (TPSA) is 46.5 Å². The lowest BCUT2D eigenvalue weighted by Crippen LogP contribution is -2.45. The number of hydrogen-bond donors (Lipinski definition) is 1. The second-order valence-corrected chi connectivity index (χ2v) is 5.51. The lowest BCUT2D eigenvalue weighted by molar-refractivity contribution is -0.131. The van der Waals surface area contributed by atoms with Crippen molar-refractivity contribution in [3.05, 3.63) is 47.0 Å². The lowest BCUT2D eigenvalue weighted by Gasteiger charge is -2.40. The van der Waals surface area contributed by atoms with Gasteiger partial charge >= 0.3 is 5.97 Å². The molecule has 3 rings (SSSR count). The van der Waals surface area contributed by atoms with E-state index in [-0.39, 0.29) is 5.41 Å². The molecule has 1 aliphatic heterocycles. The van der Waals surface area contributed by atoms with Crippen molar-refractivity contribution in [1.29, 1.82) is 0 Å². The number of carboxylic acids is 1. The van der Waals surface area contributed by atoms with E-state index in [0.717, 1.165) is 6.42 Å². The molecule has 3 nitrogen and oxygen atoms in total. The molecule has 1 N–H and O–H groups in total. The van der Waals surface area contributed by atoms with E-state index >= 15 is 0 Å². The van der Waals surface area contributed by atoms with Gasteiger partial charge in [0.2, 0.25) is 0 Å². The summed E-state index contributed by atoms with van der Waals surface area (Å²) in [6.07, 6.45) is 7.86. The Balaban J connectivity index is 1.93. The van der Waals surface area contributed by atoms with Crippen LogP contribution in [0.2, 0.25) is 0 Å². The van der Waals surface area contributed by atoms with Crippen LogP contribution < -0.4 is 0 Å². The molecule has 0 radical (unpaired) electrons. The second-order valence-electron chi connectivity index (χ2n) is 5.51. The molecular weight excluding hydrogens is 240 g/mol. The second kappa shape index (κ2) is 4.82. The van der Waals surface area contributed by atoms with Gasteiger partial charge in [0.1, 0.15) is 0 Å². The Morgan fingerprint density at radius 1 is 1.21 bits per heavy atom. The van der Waals surface area contributed by atoms with Crippen molar-refractivity contribution in [3.8, 4) is 0 Å². The molecule has 1 aliphatic carbocycles. The molecule has 1 aromatic rings. The van der Waals surface area contributed by atoms with Gasteiger partial charge < -0.3 is 9.84 Å². The van der Waals surface area contributed by atoms with E-state index in [0.29, 0.717) is 13.2 Å². The number of carboxylic acid groups (broad SMARTS) is 1. The molecule has 100 valence electrons. The number of aliphatic carboxylic acids is 1. The predicted octanol–water partition coefficient (Wildman–Crippen LogP) is 2.47. The van der Waals surface area contributed by atoms with Crippen molar-refractivity contribution in [2.45, 2.75) is 31.1 Å². The summed E-state index contributed by atoms with van der Waals surface area (Å²) in [6, 6.07) is 6.60. The van der Waals surface area contributed by atoms with E-state index in [1.165, 1.54) is 42.0 Å². The zero-order chi connectivity index (χ0) is 13.3. The summed E-state index contributed by atoms with van der Waals surface area (Å²) < 4.78 is 5.32. The predicted molar refractivity (Wildman–Crippen MR) is 72.4 cm³/mol. The normalized spacial score (nSPS) is 20.8. The summed E-state index contributed by atoms with van der Waals surface area (Å²) in [5.41, 5.74) is 3.84. The molecule has 0 bridgehead atoms. The summed E-state index contributed by atoms with van der Waals surface area (Å²) in [5, 5.41) is 8.81. The van der Waals surface area contributed by atoms with Gasteiger partial charge in [0, 0.05) is 6.08 Å². The van der Waals surface area contributed by atoms with Crippen LogP contribution in [0, 0.1) is 0 Å². The third-order valence-electron chi connectivity index (χ3n) is 4.19. The van der Waals surface area contributed by atoms with Crippen molar-refractivity contribution in [2.75, 3.05) is 13.2 Å². The molecule has 1 fully saturated rings. The maximum atomic E-state index is 10.7. The van der Waals surface area contributed by atoms with E-state index in [2.05, 4.69) is 18.2 Å². The van der Waals surface area contributed by atoms with Crippen LogP contribution in [-0.2, 0) is 27.8 Å². The van der Waals surface area contributed by atoms with Gasteiger partial charge in [-0.3, -0.25) is 0 Å². The maximum Gasteiger partial charge on any atom is 0.328 e. The van der Waals surface area contributed by atoms with E-state index in [1.807, 2.05) is 0 Å². The molecule has 0 aromatic heterocycles. The average molecular weight is 258 g/mol. The fourth-order valence-electron chi connectivity index (χ4n) is 2.96. The molecule has 0 amide bonds. The minimum absolute atomic E-state index is 0.231. The fourth-order valence-corrected chi connectivity index (χ4v) is 2.96. The van der Waals surface area contributed by atoms with E-state index in [4.69, 9.17) is 9.84 Å². The molecule has 0 atom stereocenters. The Hall–Kier alpha value is -1.61. The highest BCUT2D eigenvalue weighted by Gasteiger charge is 2.38. The van der Waals surface area contributed by atoms with Crippen LogP contribution in [0.4, 0.5) is 0 Å². The molecule has 1 aromatic carbocycles. The van der Waals surface area contributed by atoms with Crippen LogP contribution in [0.1, 0.15) is 29.5 Å². The van der Waals surface area contributed by atoms with Crippen LogP contribution in [-0.4, -0.2) is 24.3 Å². The van der Waals surface area contributed by atoms with Crippen LogP contribution in [0.5, 0.6) is 0 Å². The monoisotopic (exact) mass is 258 g/mol. The summed E-state index contributed by atoms with van der Waals surface area (Å²) >= 11 is 0. The first kappa shape index (κ1) is 12.4. The van der Waals surface area contributed by atoms with Gasteiger partial charge in [-0.1, -0.05) is 24.3 Å². The highest BCUT2D eigenvalue weighted by Crippen LogP contribution is 2.36. The molecule has 0 spiro atoms. The van der Waals surface area contributed by atoms with Gasteiger partial charge in [-0.25, -0.2) is 4.79 Å². The summed E-state index contributed by atoms with van der Waals surface area (Å²) in [7, 11) is 0. The Kier molecular flexibility index (Phi) is 3.15. The van der Waals surface area contributed by atoms with Gasteiger partial charge in [0.05, 0.1) is 18.6 Å². The number of rotatable bonds is 3. The molecule has 0 unspecified atom stereocenters. The Morgan fingerprint density at radius 3 is 2.58 bits per heavy atom. The van der Waals surface area contributed by atoms with Crippen molar-refractivity contribution in [3.63, 3.8) is 0 Å². The van der Waals surface area contributed by atoms with E-state index in [9.17, 15) is 4.79 Å². The molecule has 3 heteroatoms. The Morgan fingerprint density at radius 2 is 1.95 bits per heavy atom. The van der Waals surface area contributed by atoms with Crippen LogP contribution in [0.25, 0.3) is 0 Å². The first-order valence-electron chi connectivity index (χ1n) is 6.82. The third kappa shape index (κ3) is 2.30. The summed E-state index contributed by atoms with van der Waals surface area (Å²) in [4.78, 5) is 10.7. The number of benzene rings is 1. The highest BCUT2D eigenvalue weighted by molar-refractivity contribution is 5.80. The van der Waals surface area contributed by atoms with Gasteiger partial charge in [-0.15, -0.1) is 0 Å². The average Bonchev–Trinajstić information content (AvgIpc) is 2.37. The van der Waals surface area contributed by atoms with Crippen molar-refractivity contribution >= 4 is 5.97 Å². The van der Waals surface area contributed by atoms with Crippen LogP contribution in [0.3, 0.4) is 0 Å². The SMILES string of the molecule is O=C(O)/C=C/C1(c2ccc3c(c2)CCCC3)COC1. The number of carbonyl (C=O) groups is 1. The first-order valence-corrected chi connectivity index (χ1v) is 6.82. The largest absolute Gasteiger partial charge is 0.478 e. The maximum absolute atomic E-state index is 10.7. The molecule has 2 aliphatic rings. The number of hydrogen-bond acceptors (Lipinski definition) is 2. The fraction of sp³-hybridized carbons (Fsp3) is 0.438. The smallest absolute Gasteiger partial charge is 0.328 e. The zero-order valence-corrected chi connectivity index (χ0v) is 10.9. The summed E-state index contributed by atoms with van der Waals surface area (Å²) in [5.74, 6) is -0.899. The molecular formula is C16H18O3. The van der Waals surface area contributed by atoms with Crippen molar-refractivity contribution < 1.29 is 14.6 Å². The van der Waals surface area contributed by atoms with Crippen LogP contribution in [0.15, 0.2) is 30.4 Å². The zero-order valence-electron chi connectivity index (χ0n) is 10.9. The third-order valence-corrected chi connectivity index (χ3v) is 4.19. The first-order chi connectivity index (χ1) is 9.20. The number of fused-ring (bicyclic) bond motifs is 1.